The summed E-state index contributed by atoms with van der Waals surface area (Å²) in [4.78, 5) is 14.4. The molecule has 0 spiro atoms. The van der Waals surface area contributed by atoms with Gasteiger partial charge < -0.3 is 19.4 Å². The van der Waals surface area contributed by atoms with E-state index in [1.165, 1.54) is 53.5 Å². The third-order valence-corrected chi connectivity index (χ3v) is 8.75. The lowest BCUT2D eigenvalue weighted by atomic mass is 10.1. The molecule has 49 heavy (non-hydrogen) atoms. The van der Waals surface area contributed by atoms with Gasteiger partial charge in [-0.2, -0.15) is 0 Å². The van der Waals surface area contributed by atoms with Crippen LogP contribution in [0.4, 0.5) is 5.69 Å². The summed E-state index contributed by atoms with van der Waals surface area (Å²) in [6, 6.07) is 16.6. The number of nitrogens with zero attached hydrogens (tertiary/aromatic N) is 1. The van der Waals surface area contributed by atoms with Crippen molar-refractivity contribution in [1.82, 2.24) is 4.57 Å². The topological polar surface area (TPSA) is 52.5 Å². The summed E-state index contributed by atoms with van der Waals surface area (Å²) in [5.74, 6) is 0.824. The number of hydrogen-bond donors (Lipinski definition) is 1. The Labute approximate surface area is 296 Å². The van der Waals surface area contributed by atoms with Crippen molar-refractivity contribution in [3.05, 3.63) is 111 Å². The number of rotatable bonds is 22. The first kappa shape index (κ1) is 39.4. The van der Waals surface area contributed by atoms with Crippen LogP contribution in [0.25, 0.3) is 10.9 Å². The summed E-state index contributed by atoms with van der Waals surface area (Å²) in [6.07, 6.45) is 19.6. The van der Waals surface area contributed by atoms with Crippen molar-refractivity contribution in [2.45, 2.75) is 126 Å². The highest BCUT2D eigenvalue weighted by Crippen LogP contribution is 2.35. The standard InChI is InChI=1S/C44H62N2O3/c1-8-9-10-11-12-16-29-46-41-32-39(45-33-38-23-14-13-15-24-38)25-26-40(41)42(48-30-27-36(6)21-17-19-34(2)3)43(44(46)47)49-31-28-37(7)22-18-20-35(4)5/h13-15,19-20,23-28,32,45H,8-12,16-18,21-22,29-31,33H2,1-7H3. The van der Waals surface area contributed by atoms with E-state index in [0.717, 1.165) is 55.1 Å². The van der Waals surface area contributed by atoms with E-state index in [1.54, 1.807) is 0 Å². The van der Waals surface area contributed by atoms with E-state index >= 15 is 0 Å². The average molecular weight is 667 g/mol. The van der Waals surface area contributed by atoms with Gasteiger partial charge in [0.2, 0.25) is 5.75 Å². The molecule has 0 saturated heterocycles. The van der Waals surface area contributed by atoms with Crippen LogP contribution in [0.1, 0.15) is 118 Å². The lowest BCUT2D eigenvalue weighted by Gasteiger charge is -2.19. The number of anilines is 1. The maximum atomic E-state index is 14.4. The molecule has 0 radical (unpaired) electrons. The molecule has 0 bridgehead atoms. The lowest BCUT2D eigenvalue weighted by molar-refractivity contribution is 0.303. The Bertz CT molecular complexity index is 1620. The van der Waals surface area contributed by atoms with E-state index in [4.69, 9.17) is 9.47 Å². The van der Waals surface area contributed by atoms with Crippen LogP contribution in [-0.4, -0.2) is 17.8 Å². The first-order valence-electron chi connectivity index (χ1n) is 18.5. The van der Waals surface area contributed by atoms with Crippen molar-refractivity contribution >= 4 is 16.6 Å². The Morgan fingerprint density at radius 1 is 0.714 bits per heavy atom. The van der Waals surface area contributed by atoms with Gasteiger partial charge in [-0.05, 0) is 110 Å². The largest absolute Gasteiger partial charge is 0.485 e. The summed E-state index contributed by atoms with van der Waals surface area (Å²) in [6.45, 7) is 17.1. The molecular formula is C44H62N2O3. The Kier molecular flexibility index (Phi) is 17.6. The second-order valence-electron chi connectivity index (χ2n) is 13.8. The molecule has 5 nitrogen and oxygen atoms in total. The molecule has 0 aliphatic carbocycles. The predicted molar refractivity (Wildman–Crippen MR) is 211 cm³/mol. The number of aromatic nitrogens is 1. The Balaban J connectivity index is 2.00. The van der Waals surface area contributed by atoms with Crippen molar-refractivity contribution in [3.8, 4) is 11.5 Å². The number of pyridine rings is 1. The zero-order valence-corrected chi connectivity index (χ0v) is 31.5. The second kappa shape index (κ2) is 21.9. The lowest BCUT2D eigenvalue weighted by Crippen LogP contribution is -2.24. The molecule has 0 fully saturated rings. The Morgan fingerprint density at radius 3 is 1.92 bits per heavy atom. The van der Waals surface area contributed by atoms with Crippen LogP contribution in [0.5, 0.6) is 11.5 Å². The number of nitrogens with one attached hydrogen (secondary N) is 1. The molecular weight excluding hydrogens is 604 g/mol. The molecule has 0 atom stereocenters. The van der Waals surface area contributed by atoms with Gasteiger partial charge >= 0.3 is 0 Å². The first-order chi connectivity index (χ1) is 23.7. The molecule has 0 aliphatic rings. The zero-order valence-electron chi connectivity index (χ0n) is 31.5. The van der Waals surface area contributed by atoms with Crippen molar-refractivity contribution in [1.29, 1.82) is 0 Å². The summed E-state index contributed by atoms with van der Waals surface area (Å²) in [5, 5.41) is 4.46. The number of benzene rings is 2. The van der Waals surface area contributed by atoms with Gasteiger partial charge in [0.05, 0.1) is 5.52 Å². The summed E-state index contributed by atoms with van der Waals surface area (Å²) in [5.41, 5.74) is 8.09. The number of ether oxygens (including phenoxy) is 2. The summed E-state index contributed by atoms with van der Waals surface area (Å²) >= 11 is 0. The molecule has 1 aromatic heterocycles. The van der Waals surface area contributed by atoms with Crippen molar-refractivity contribution < 1.29 is 9.47 Å². The van der Waals surface area contributed by atoms with Crippen LogP contribution in [0.3, 0.4) is 0 Å². The molecule has 1 N–H and O–H groups in total. The molecule has 266 valence electrons. The van der Waals surface area contributed by atoms with E-state index in [1.807, 2.05) is 10.6 Å². The summed E-state index contributed by atoms with van der Waals surface area (Å²) < 4.78 is 14.8. The SMILES string of the molecule is CCCCCCCCn1c(=O)c(OCC=C(C)CCC=C(C)C)c(OCC=C(C)CCC=C(C)C)c2ccc(NCc3ccccc3)cc21. The van der Waals surface area contributed by atoms with Gasteiger partial charge in [0.15, 0.2) is 5.75 Å². The Hall–Kier alpha value is -3.99. The van der Waals surface area contributed by atoms with E-state index in [-0.39, 0.29) is 5.56 Å². The van der Waals surface area contributed by atoms with Gasteiger partial charge in [-0.15, -0.1) is 0 Å². The number of allylic oxidation sites excluding steroid dienone is 6. The van der Waals surface area contributed by atoms with Crippen LogP contribution >= 0.6 is 0 Å². The van der Waals surface area contributed by atoms with E-state index in [9.17, 15) is 4.79 Å². The van der Waals surface area contributed by atoms with Crippen molar-refractivity contribution in [3.63, 3.8) is 0 Å². The van der Waals surface area contributed by atoms with Crippen LogP contribution in [-0.2, 0) is 13.1 Å². The fraction of sp³-hybridized carbons (Fsp3) is 0.477. The van der Waals surface area contributed by atoms with E-state index in [2.05, 4.69) is 121 Å². The van der Waals surface area contributed by atoms with Gasteiger partial charge in [0.25, 0.3) is 5.56 Å². The molecule has 2 aromatic carbocycles. The predicted octanol–water partition coefficient (Wildman–Crippen LogP) is 12.1. The van der Waals surface area contributed by atoms with Crippen LogP contribution < -0.4 is 20.3 Å². The minimum absolute atomic E-state index is 0.129. The Morgan fingerprint density at radius 2 is 1.31 bits per heavy atom. The molecule has 5 heteroatoms. The number of unbranched alkanes of at least 4 members (excludes halogenated alkanes) is 5. The highest BCUT2D eigenvalue weighted by Gasteiger charge is 2.20. The fourth-order valence-corrected chi connectivity index (χ4v) is 5.77. The number of hydrogen-bond acceptors (Lipinski definition) is 4. The summed E-state index contributed by atoms with van der Waals surface area (Å²) in [7, 11) is 0. The minimum atomic E-state index is -0.129. The average Bonchev–Trinajstić information content (AvgIpc) is 3.07. The number of aryl methyl sites for hydroxylation is 1. The third-order valence-electron chi connectivity index (χ3n) is 8.75. The van der Waals surface area contributed by atoms with Crippen molar-refractivity contribution in [2.24, 2.45) is 0 Å². The van der Waals surface area contributed by atoms with E-state index in [0.29, 0.717) is 37.8 Å². The monoisotopic (exact) mass is 666 g/mol. The maximum absolute atomic E-state index is 14.4. The molecule has 0 aliphatic heterocycles. The van der Waals surface area contributed by atoms with Crippen LogP contribution in [0.2, 0.25) is 0 Å². The normalized spacial score (nSPS) is 11.8. The molecule has 3 aromatic rings. The third kappa shape index (κ3) is 14.2. The number of fused-ring (bicyclic) bond motifs is 1. The zero-order chi connectivity index (χ0) is 35.4. The maximum Gasteiger partial charge on any atom is 0.297 e. The molecule has 0 amide bonds. The molecule has 0 unspecified atom stereocenters. The fourth-order valence-electron chi connectivity index (χ4n) is 5.77. The van der Waals surface area contributed by atoms with Gasteiger partial charge in [0, 0.05) is 24.2 Å². The molecule has 1 heterocycles. The van der Waals surface area contributed by atoms with Crippen LogP contribution in [0, 0.1) is 0 Å². The quantitative estimate of drug-likeness (QED) is 0.0856. The van der Waals surface area contributed by atoms with Gasteiger partial charge in [-0.3, -0.25) is 4.79 Å². The van der Waals surface area contributed by atoms with E-state index < -0.39 is 0 Å². The highest BCUT2D eigenvalue weighted by atomic mass is 16.5. The van der Waals surface area contributed by atoms with Gasteiger partial charge in [0.1, 0.15) is 13.2 Å². The first-order valence-corrected chi connectivity index (χ1v) is 18.5. The molecule has 0 saturated carbocycles. The van der Waals surface area contributed by atoms with Crippen LogP contribution in [0.15, 0.2) is 99.9 Å². The van der Waals surface area contributed by atoms with Gasteiger partial charge in [-0.25, -0.2) is 0 Å². The highest BCUT2D eigenvalue weighted by molar-refractivity contribution is 5.90. The van der Waals surface area contributed by atoms with Gasteiger partial charge in [-0.1, -0.05) is 104 Å². The molecule has 3 rings (SSSR count). The minimum Gasteiger partial charge on any atom is -0.485 e. The smallest absolute Gasteiger partial charge is 0.297 e. The van der Waals surface area contributed by atoms with Crippen molar-refractivity contribution in [2.75, 3.05) is 18.5 Å². The second-order valence-corrected chi connectivity index (χ2v) is 13.8.